The summed E-state index contributed by atoms with van der Waals surface area (Å²) in [7, 11) is 0. The molecule has 1 aromatic rings. The molecule has 16 heavy (non-hydrogen) atoms. The Bertz CT molecular complexity index is 425. The number of phenolic OH excluding ortho intramolecular Hbond substituents is 1. The molecule has 1 aliphatic rings. The fourth-order valence-corrected chi connectivity index (χ4v) is 1.51. The molecule has 1 saturated carbocycles. The van der Waals surface area contributed by atoms with E-state index >= 15 is 0 Å². The first kappa shape index (κ1) is 10.8. The average molecular weight is 220 g/mol. The van der Waals surface area contributed by atoms with Crippen molar-refractivity contribution in [2.24, 2.45) is 0 Å². The minimum atomic E-state index is -0.171. The van der Waals surface area contributed by atoms with Crippen LogP contribution in [0.5, 0.6) is 5.75 Å². The number of anilines is 1. The first-order chi connectivity index (χ1) is 7.56. The molecule has 2 rings (SSSR count). The summed E-state index contributed by atoms with van der Waals surface area (Å²) in [6.07, 6.45) is 2.14. The van der Waals surface area contributed by atoms with Gasteiger partial charge < -0.3 is 15.7 Å². The van der Waals surface area contributed by atoms with Crippen molar-refractivity contribution in [3.8, 4) is 5.75 Å². The van der Waals surface area contributed by atoms with Crippen molar-refractivity contribution in [1.29, 1.82) is 0 Å². The molecule has 0 saturated heterocycles. The molecule has 0 unspecified atom stereocenters. The lowest BCUT2D eigenvalue weighted by molar-refractivity contribution is 0.251. The molecule has 86 valence electrons. The predicted octanol–water partition coefficient (Wildman–Crippen LogP) is 2.29. The Morgan fingerprint density at radius 3 is 2.62 bits per heavy atom. The van der Waals surface area contributed by atoms with Crippen molar-refractivity contribution in [3.63, 3.8) is 0 Å². The fourth-order valence-electron chi connectivity index (χ4n) is 1.51. The number of hydrogen-bond acceptors (Lipinski definition) is 2. The van der Waals surface area contributed by atoms with Crippen molar-refractivity contribution in [1.82, 2.24) is 5.32 Å². The molecule has 0 aromatic heterocycles. The van der Waals surface area contributed by atoms with Gasteiger partial charge in [-0.1, -0.05) is 0 Å². The molecular formula is C12H16N2O2. The summed E-state index contributed by atoms with van der Waals surface area (Å²) in [6, 6.07) is 3.60. The zero-order chi connectivity index (χ0) is 11.7. The van der Waals surface area contributed by atoms with Gasteiger partial charge >= 0.3 is 6.03 Å². The lowest BCUT2D eigenvalue weighted by atomic mass is 10.1. The van der Waals surface area contributed by atoms with Gasteiger partial charge in [0.1, 0.15) is 5.75 Å². The number of urea groups is 1. The zero-order valence-corrected chi connectivity index (χ0v) is 9.50. The van der Waals surface area contributed by atoms with E-state index in [1.54, 1.807) is 19.1 Å². The Morgan fingerprint density at radius 1 is 1.31 bits per heavy atom. The second-order valence-electron chi connectivity index (χ2n) is 4.33. The summed E-state index contributed by atoms with van der Waals surface area (Å²) in [5.74, 6) is 0.255. The van der Waals surface area contributed by atoms with E-state index in [0.29, 0.717) is 6.04 Å². The molecule has 4 nitrogen and oxygen atoms in total. The standard InChI is InChI=1S/C12H16N2O2/c1-7-6-11(15)8(2)5-10(7)14-12(16)13-9-3-4-9/h5-6,9,15H,3-4H2,1-2H3,(H2,13,14,16). The molecule has 0 aliphatic heterocycles. The lowest BCUT2D eigenvalue weighted by Crippen LogP contribution is -2.30. The van der Waals surface area contributed by atoms with Crippen molar-refractivity contribution in [3.05, 3.63) is 23.3 Å². The highest BCUT2D eigenvalue weighted by molar-refractivity contribution is 5.90. The number of carbonyl (C=O) groups is 1. The minimum absolute atomic E-state index is 0.171. The third kappa shape index (κ3) is 2.45. The van der Waals surface area contributed by atoms with E-state index in [1.807, 2.05) is 6.92 Å². The fraction of sp³-hybridized carbons (Fsp3) is 0.417. The van der Waals surface area contributed by atoms with Crippen LogP contribution in [0, 0.1) is 13.8 Å². The Morgan fingerprint density at radius 2 is 2.00 bits per heavy atom. The molecule has 3 N–H and O–H groups in total. The first-order valence-corrected chi connectivity index (χ1v) is 5.44. The summed E-state index contributed by atoms with van der Waals surface area (Å²) >= 11 is 0. The Balaban J connectivity index is 2.07. The van der Waals surface area contributed by atoms with Gasteiger partial charge in [-0.2, -0.15) is 0 Å². The molecule has 2 amide bonds. The SMILES string of the molecule is Cc1cc(NC(=O)NC2CC2)c(C)cc1O. The smallest absolute Gasteiger partial charge is 0.319 e. The quantitative estimate of drug-likeness (QED) is 0.670. The first-order valence-electron chi connectivity index (χ1n) is 5.44. The van der Waals surface area contributed by atoms with Gasteiger partial charge in [-0.3, -0.25) is 0 Å². The van der Waals surface area contributed by atoms with Crippen molar-refractivity contribution >= 4 is 11.7 Å². The van der Waals surface area contributed by atoms with Gasteiger partial charge in [-0.15, -0.1) is 0 Å². The van der Waals surface area contributed by atoms with Crippen LogP contribution in [0.15, 0.2) is 12.1 Å². The normalized spacial score (nSPS) is 14.6. The highest BCUT2D eigenvalue weighted by atomic mass is 16.3. The second kappa shape index (κ2) is 4.04. The molecule has 0 radical (unpaired) electrons. The van der Waals surface area contributed by atoms with E-state index in [-0.39, 0.29) is 11.8 Å². The van der Waals surface area contributed by atoms with Crippen LogP contribution in [0.4, 0.5) is 10.5 Å². The predicted molar refractivity (Wildman–Crippen MR) is 62.8 cm³/mol. The van der Waals surface area contributed by atoms with E-state index < -0.39 is 0 Å². The van der Waals surface area contributed by atoms with Crippen molar-refractivity contribution < 1.29 is 9.90 Å². The molecule has 0 bridgehead atoms. The summed E-state index contributed by atoms with van der Waals surface area (Å²) in [5, 5.41) is 15.1. The van der Waals surface area contributed by atoms with E-state index in [1.165, 1.54) is 0 Å². The number of aryl methyl sites for hydroxylation is 2. The molecule has 0 atom stereocenters. The van der Waals surface area contributed by atoms with Gasteiger partial charge in [0.05, 0.1) is 0 Å². The highest BCUT2D eigenvalue weighted by Crippen LogP contribution is 2.25. The number of carbonyl (C=O) groups excluding carboxylic acids is 1. The van der Waals surface area contributed by atoms with Gasteiger partial charge in [0, 0.05) is 11.7 Å². The van der Waals surface area contributed by atoms with Crippen LogP contribution in [0.1, 0.15) is 24.0 Å². The molecule has 0 heterocycles. The monoisotopic (exact) mass is 220 g/mol. The third-order valence-corrected chi connectivity index (χ3v) is 2.70. The van der Waals surface area contributed by atoms with E-state index in [4.69, 9.17) is 0 Å². The summed E-state index contributed by atoms with van der Waals surface area (Å²) < 4.78 is 0. The maximum absolute atomic E-state index is 11.5. The topological polar surface area (TPSA) is 61.4 Å². The number of phenols is 1. The summed E-state index contributed by atoms with van der Waals surface area (Å²) in [4.78, 5) is 11.5. The van der Waals surface area contributed by atoms with Gasteiger partial charge in [0.15, 0.2) is 0 Å². The van der Waals surface area contributed by atoms with Crippen molar-refractivity contribution in [2.75, 3.05) is 5.32 Å². The molecule has 4 heteroatoms. The van der Waals surface area contributed by atoms with Gasteiger partial charge in [-0.05, 0) is 49.9 Å². The summed E-state index contributed by atoms with van der Waals surface area (Å²) in [6.45, 7) is 3.66. The maximum atomic E-state index is 11.5. The lowest BCUT2D eigenvalue weighted by Gasteiger charge is -2.11. The summed E-state index contributed by atoms with van der Waals surface area (Å²) in [5.41, 5.74) is 2.36. The van der Waals surface area contributed by atoms with Crippen LogP contribution in [0.2, 0.25) is 0 Å². The Kier molecular flexibility index (Phi) is 2.73. The maximum Gasteiger partial charge on any atom is 0.319 e. The largest absolute Gasteiger partial charge is 0.508 e. The zero-order valence-electron chi connectivity index (χ0n) is 9.50. The van der Waals surface area contributed by atoms with Gasteiger partial charge in [-0.25, -0.2) is 4.79 Å². The Hall–Kier alpha value is -1.71. The molecular weight excluding hydrogens is 204 g/mol. The number of hydrogen-bond donors (Lipinski definition) is 3. The second-order valence-corrected chi connectivity index (χ2v) is 4.33. The Labute approximate surface area is 94.7 Å². The number of benzene rings is 1. The third-order valence-electron chi connectivity index (χ3n) is 2.70. The van der Waals surface area contributed by atoms with Crippen LogP contribution in [-0.2, 0) is 0 Å². The van der Waals surface area contributed by atoms with Crippen molar-refractivity contribution in [2.45, 2.75) is 32.7 Å². The van der Waals surface area contributed by atoms with Crippen LogP contribution < -0.4 is 10.6 Å². The molecule has 0 spiro atoms. The van der Waals surface area contributed by atoms with E-state index in [0.717, 1.165) is 29.7 Å². The molecule has 1 aromatic carbocycles. The average Bonchev–Trinajstić information content (AvgIpc) is 2.98. The van der Waals surface area contributed by atoms with E-state index in [2.05, 4.69) is 10.6 Å². The minimum Gasteiger partial charge on any atom is -0.508 e. The number of nitrogens with one attached hydrogen (secondary N) is 2. The molecule has 1 aliphatic carbocycles. The van der Waals surface area contributed by atoms with Gasteiger partial charge in [0.25, 0.3) is 0 Å². The van der Waals surface area contributed by atoms with Crippen LogP contribution in [0.25, 0.3) is 0 Å². The number of rotatable bonds is 2. The van der Waals surface area contributed by atoms with Gasteiger partial charge in [0.2, 0.25) is 0 Å². The van der Waals surface area contributed by atoms with Crippen LogP contribution >= 0.6 is 0 Å². The number of amides is 2. The highest BCUT2D eigenvalue weighted by Gasteiger charge is 2.23. The van der Waals surface area contributed by atoms with E-state index in [9.17, 15) is 9.90 Å². The van der Waals surface area contributed by atoms with Crippen LogP contribution in [0.3, 0.4) is 0 Å². The number of aromatic hydroxyl groups is 1. The molecule has 1 fully saturated rings. The van der Waals surface area contributed by atoms with Crippen LogP contribution in [-0.4, -0.2) is 17.2 Å².